The van der Waals surface area contributed by atoms with E-state index in [1.807, 2.05) is 49.3 Å². The van der Waals surface area contributed by atoms with Crippen LogP contribution in [0.15, 0.2) is 36.4 Å². The number of para-hydroxylation sites is 1. The highest BCUT2D eigenvalue weighted by Crippen LogP contribution is 2.34. The summed E-state index contributed by atoms with van der Waals surface area (Å²) in [6, 6.07) is 12.4. The minimum atomic E-state index is 0.472. The van der Waals surface area contributed by atoms with Crippen LogP contribution in [-0.4, -0.2) is 58.0 Å². The van der Waals surface area contributed by atoms with E-state index in [4.69, 9.17) is 24.2 Å². The zero-order valence-electron chi connectivity index (χ0n) is 21.4. The molecule has 0 radical (unpaired) electrons. The molecule has 0 unspecified atom stereocenters. The molecule has 1 aliphatic carbocycles. The van der Waals surface area contributed by atoms with Crippen molar-refractivity contribution in [1.29, 1.82) is 0 Å². The van der Waals surface area contributed by atoms with E-state index < -0.39 is 0 Å². The smallest absolute Gasteiger partial charge is 0.225 e. The Kier molecular flexibility index (Phi) is 8.13. The molecule has 0 bridgehead atoms. The van der Waals surface area contributed by atoms with Crippen molar-refractivity contribution in [2.45, 2.75) is 38.3 Å². The van der Waals surface area contributed by atoms with Gasteiger partial charge in [-0.2, -0.15) is 4.98 Å². The normalized spacial score (nSPS) is 17.7. The van der Waals surface area contributed by atoms with Gasteiger partial charge in [-0.1, -0.05) is 12.1 Å². The largest absolute Gasteiger partial charge is 0.496 e. The van der Waals surface area contributed by atoms with Gasteiger partial charge < -0.3 is 29.7 Å². The zero-order chi connectivity index (χ0) is 24.8. The average molecular weight is 480 g/mol. The molecule has 8 heteroatoms. The second kappa shape index (κ2) is 11.4. The SMILES string of the molecule is COc1cc(OC)c(CN[C@H]2CC[C@@H](CNc3nc(N(C)C)c4ccccc4n3)CC2)c(OC)c1. The molecule has 1 aliphatic rings. The first-order chi connectivity index (χ1) is 17.0. The Labute approximate surface area is 208 Å². The molecule has 35 heavy (non-hydrogen) atoms. The molecule has 3 aromatic rings. The molecule has 8 nitrogen and oxygen atoms in total. The predicted molar refractivity (Wildman–Crippen MR) is 141 cm³/mol. The Hall–Kier alpha value is -3.26. The van der Waals surface area contributed by atoms with E-state index in [2.05, 4.69) is 16.7 Å². The van der Waals surface area contributed by atoms with E-state index in [9.17, 15) is 0 Å². The van der Waals surface area contributed by atoms with Crippen LogP contribution in [0.1, 0.15) is 31.2 Å². The fourth-order valence-corrected chi connectivity index (χ4v) is 4.78. The van der Waals surface area contributed by atoms with Crippen LogP contribution >= 0.6 is 0 Å². The van der Waals surface area contributed by atoms with Crippen LogP contribution in [0.25, 0.3) is 10.9 Å². The molecule has 0 saturated heterocycles. The highest BCUT2D eigenvalue weighted by atomic mass is 16.5. The molecule has 0 aliphatic heterocycles. The van der Waals surface area contributed by atoms with Crippen LogP contribution in [0.3, 0.4) is 0 Å². The van der Waals surface area contributed by atoms with Crippen molar-refractivity contribution in [2.75, 3.05) is 52.2 Å². The minimum absolute atomic E-state index is 0.472. The summed E-state index contributed by atoms with van der Waals surface area (Å²) < 4.78 is 16.5. The van der Waals surface area contributed by atoms with Gasteiger partial charge in [-0.05, 0) is 43.7 Å². The molecule has 1 saturated carbocycles. The third-order valence-corrected chi connectivity index (χ3v) is 6.79. The average Bonchev–Trinajstić information content (AvgIpc) is 2.90. The summed E-state index contributed by atoms with van der Waals surface area (Å²) in [5, 5.41) is 8.28. The van der Waals surface area contributed by atoms with Gasteiger partial charge >= 0.3 is 0 Å². The zero-order valence-corrected chi connectivity index (χ0v) is 21.4. The molecular formula is C27H37N5O3. The van der Waals surface area contributed by atoms with Crippen LogP contribution in [0.4, 0.5) is 11.8 Å². The number of ether oxygens (including phenoxy) is 3. The topological polar surface area (TPSA) is 80.8 Å². The van der Waals surface area contributed by atoms with Gasteiger partial charge in [0.15, 0.2) is 0 Å². The highest BCUT2D eigenvalue weighted by Gasteiger charge is 2.22. The summed E-state index contributed by atoms with van der Waals surface area (Å²) in [5.41, 5.74) is 1.98. The second-order valence-electron chi connectivity index (χ2n) is 9.27. The summed E-state index contributed by atoms with van der Waals surface area (Å²) >= 11 is 0. The summed E-state index contributed by atoms with van der Waals surface area (Å²) in [6.07, 6.45) is 4.59. The number of anilines is 2. The lowest BCUT2D eigenvalue weighted by Crippen LogP contribution is -2.34. The predicted octanol–water partition coefficient (Wildman–Crippen LogP) is 4.48. The van der Waals surface area contributed by atoms with Gasteiger partial charge in [0.1, 0.15) is 23.1 Å². The van der Waals surface area contributed by atoms with E-state index in [1.165, 1.54) is 0 Å². The number of nitrogens with one attached hydrogen (secondary N) is 2. The maximum absolute atomic E-state index is 5.59. The Morgan fingerprint density at radius 1 is 0.914 bits per heavy atom. The fraction of sp³-hybridized carbons (Fsp3) is 0.481. The van der Waals surface area contributed by atoms with Crippen LogP contribution in [-0.2, 0) is 6.54 Å². The minimum Gasteiger partial charge on any atom is -0.496 e. The van der Waals surface area contributed by atoms with E-state index in [0.717, 1.165) is 71.8 Å². The third-order valence-electron chi connectivity index (χ3n) is 6.79. The first-order valence-corrected chi connectivity index (χ1v) is 12.2. The number of nitrogens with zero attached hydrogens (tertiary/aromatic N) is 3. The van der Waals surface area contributed by atoms with Crippen molar-refractivity contribution >= 4 is 22.7 Å². The van der Waals surface area contributed by atoms with Gasteiger partial charge in [-0.3, -0.25) is 0 Å². The number of methoxy groups -OCH3 is 3. The molecule has 4 rings (SSSR count). The molecule has 1 aromatic heterocycles. The maximum atomic E-state index is 5.59. The third kappa shape index (κ3) is 5.88. The number of aromatic nitrogens is 2. The monoisotopic (exact) mass is 479 g/mol. The highest BCUT2D eigenvalue weighted by molar-refractivity contribution is 5.90. The number of rotatable bonds is 10. The molecule has 0 amide bonds. The molecular weight excluding hydrogens is 442 g/mol. The molecule has 2 N–H and O–H groups in total. The number of benzene rings is 2. The molecule has 188 valence electrons. The summed E-state index contributed by atoms with van der Waals surface area (Å²) in [7, 11) is 9.04. The maximum Gasteiger partial charge on any atom is 0.225 e. The Bertz CT molecular complexity index is 1100. The van der Waals surface area contributed by atoms with E-state index in [-0.39, 0.29) is 0 Å². The fourth-order valence-electron chi connectivity index (χ4n) is 4.78. The second-order valence-corrected chi connectivity index (χ2v) is 9.27. The standard InChI is InChI=1S/C27H37N5O3/c1-32(2)26-21-8-6-7-9-23(21)30-27(31-26)29-16-18-10-12-19(13-11-18)28-17-22-24(34-4)14-20(33-3)15-25(22)35-5/h6-9,14-15,18-19,28H,10-13,16-17H2,1-5H3,(H,29,30,31)/t18-,19+. The van der Waals surface area contributed by atoms with Gasteiger partial charge in [-0.25, -0.2) is 4.98 Å². The molecule has 0 atom stereocenters. The van der Waals surface area contributed by atoms with E-state index >= 15 is 0 Å². The van der Waals surface area contributed by atoms with Crippen LogP contribution in [0.2, 0.25) is 0 Å². The summed E-state index contributed by atoms with van der Waals surface area (Å²) in [5.74, 6) is 4.53. The molecule has 0 spiro atoms. The lowest BCUT2D eigenvalue weighted by atomic mass is 9.86. The van der Waals surface area contributed by atoms with Crippen LogP contribution in [0, 0.1) is 5.92 Å². The number of fused-ring (bicyclic) bond motifs is 1. The van der Waals surface area contributed by atoms with Crippen molar-refractivity contribution in [2.24, 2.45) is 5.92 Å². The molecule has 1 heterocycles. The van der Waals surface area contributed by atoms with Crippen molar-refractivity contribution in [1.82, 2.24) is 15.3 Å². The lowest BCUT2D eigenvalue weighted by molar-refractivity contribution is 0.296. The van der Waals surface area contributed by atoms with Crippen molar-refractivity contribution in [3.8, 4) is 17.2 Å². The van der Waals surface area contributed by atoms with Gasteiger partial charge in [-0.15, -0.1) is 0 Å². The summed E-state index contributed by atoms with van der Waals surface area (Å²) in [4.78, 5) is 11.5. The van der Waals surface area contributed by atoms with Gasteiger partial charge in [0.25, 0.3) is 0 Å². The molecule has 1 fully saturated rings. The first kappa shape index (κ1) is 24.9. The Balaban J connectivity index is 1.31. The van der Waals surface area contributed by atoms with Crippen LogP contribution in [0.5, 0.6) is 17.2 Å². The van der Waals surface area contributed by atoms with Gasteiger partial charge in [0.2, 0.25) is 5.95 Å². The van der Waals surface area contributed by atoms with E-state index in [1.54, 1.807) is 21.3 Å². The number of hydrogen-bond donors (Lipinski definition) is 2. The van der Waals surface area contributed by atoms with Gasteiger partial charge in [0, 0.05) is 50.7 Å². The summed E-state index contributed by atoms with van der Waals surface area (Å²) in [6.45, 7) is 1.58. The van der Waals surface area contributed by atoms with E-state index in [0.29, 0.717) is 24.5 Å². The number of hydrogen-bond acceptors (Lipinski definition) is 8. The van der Waals surface area contributed by atoms with Crippen LogP contribution < -0.4 is 29.7 Å². The first-order valence-electron chi connectivity index (χ1n) is 12.2. The van der Waals surface area contributed by atoms with Gasteiger partial charge in [0.05, 0.1) is 32.4 Å². The lowest BCUT2D eigenvalue weighted by Gasteiger charge is -2.30. The quantitative estimate of drug-likeness (QED) is 0.441. The Morgan fingerprint density at radius 2 is 1.60 bits per heavy atom. The van der Waals surface area contributed by atoms with Crippen molar-refractivity contribution in [3.63, 3.8) is 0 Å². The molecule has 2 aromatic carbocycles. The van der Waals surface area contributed by atoms with Crippen molar-refractivity contribution in [3.05, 3.63) is 42.0 Å². The Morgan fingerprint density at radius 3 is 2.23 bits per heavy atom. The van der Waals surface area contributed by atoms with Crippen molar-refractivity contribution < 1.29 is 14.2 Å².